The highest BCUT2D eigenvalue weighted by molar-refractivity contribution is 9.10. The standard InChI is InChI=1S/C15H8BrNO/c16-14-9-6-12(7-10-14)5-8-13-3-1-2-4-15(13)17-11-18/h1-4,6-7,9-10H. The number of para-hydroxylation sites is 1. The summed E-state index contributed by atoms with van der Waals surface area (Å²) in [5.74, 6) is 6.02. The number of halogens is 1. The van der Waals surface area contributed by atoms with E-state index in [9.17, 15) is 4.79 Å². The van der Waals surface area contributed by atoms with Gasteiger partial charge in [0.2, 0.25) is 6.08 Å². The third-order valence-electron chi connectivity index (χ3n) is 2.26. The van der Waals surface area contributed by atoms with Crippen molar-refractivity contribution in [2.45, 2.75) is 0 Å². The molecule has 0 spiro atoms. The number of aliphatic imine (C=N–C) groups is 1. The molecular formula is C15H8BrNO. The first-order valence-corrected chi connectivity index (χ1v) is 6.03. The Morgan fingerprint density at radius 2 is 1.67 bits per heavy atom. The molecule has 86 valence electrons. The van der Waals surface area contributed by atoms with Gasteiger partial charge in [0, 0.05) is 10.0 Å². The molecule has 3 heteroatoms. The fourth-order valence-corrected chi connectivity index (χ4v) is 1.66. The van der Waals surface area contributed by atoms with E-state index in [0.29, 0.717) is 11.3 Å². The highest BCUT2D eigenvalue weighted by atomic mass is 79.9. The van der Waals surface area contributed by atoms with Crippen molar-refractivity contribution >= 4 is 27.7 Å². The molecule has 0 saturated heterocycles. The molecule has 0 N–H and O–H groups in total. The number of isocyanates is 1. The maximum absolute atomic E-state index is 10.3. The molecule has 0 bridgehead atoms. The van der Waals surface area contributed by atoms with E-state index in [1.54, 1.807) is 12.1 Å². The van der Waals surface area contributed by atoms with Crippen LogP contribution in [0.3, 0.4) is 0 Å². The van der Waals surface area contributed by atoms with Gasteiger partial charge in [0.25, 0.3) is 0 Å². The van der Waals surface area contributed by atoms with Crippen LogP contribution in [-0.2, 0) is 4.79 Å². The van der Waals surface area contributed by atoms with E-state index in [4.69, 9.17) is 0 Å². The van der Waals surface area contributed by atoms with Crippen molar-refractivity contribution < 1.29 is 4.79 Å². The van der Waals surface area contributed by atoms with Crippen molar-refractivity contribution in [3.63, 3.8) is 0 Å². The summed E-state index contributed by atoms with van der Waals surface area (Å²) in [7, 11) is 0. The van der Waals surface area contributed by atoms with Gasteiger partial charge in [-0.1, -0.05) is 39.9 Å². The number of carbonyl (C=O) groups excluding carboxylic acids is 1. The maximum atomic E-state index is 10.3. The minimum absolute atomic E-state index is 0.539. The van der Waals surface area contributed by atoms with Crippen LogP contribution in [0.2, 0.25) is 0 Å². The summed E-state index contributed by atoms with van der Waals surface area (Å²) >= 11 is 3.37. The summed E-state index contributed by atoms with van der Waals surface area (Å²) in [6, 6.07) is 14.9. The highest BCUT2D eigenvalue weighted by Crippen LogP contribution is 2.16. The predicted molar refractivity (Wildman–Crippen MR) is 74.3 cm³/mol. The minimum Gasteiger partial charge on any atom is -0.211 e. The summed E-state index contributed by atoms with van der Waals surface area (Å²) in [5.41, 5.74) is 2.16. The molecule has 0 radical (unpaired) electrons. The molecule has 0 atom stereocenters. The quantitative estimate of drug-likeness (QED) is 0.447. The van der Waals surface area contributed by atoms with Gasteiger partial charge >= 0.3 is 0 Å². The second-order valence-corrected chi connectivity index (χ2v) is 4.39. The van der Waals surface area contributed by atoms with Crippen LogP contribution in [0.5, 0.6) is 0 Å². The van der Waals surface area contributed by atoms with Gasteiger partial charge < -0.3 is 0 Å². The van der Waals surface area contributed by atoms with E-state index < -0.39 is 0 Å². The first kappa shape index (κ1) is 12.3. The number of rotatable bonds is 1. The number of benzene rings is 2. The summed E-state index contributed by atoms with van der Waals surface area (Å²) in [6.45, 7) is 0. The van der Waals surface area contributed by atoms with Crippen molar-refractivity contribution in [2.75, 3.05) is 0 Å². The van der Waals surface area contributed by atoms with Crippen LogP contribution in [0.4, 0.5) is 5.69 Å². The van der Waals surface area contributed by atoms with Gasteiger partial charge in [0.1, 0.15) is 0 Å². The van der Waals surface area contributed by atoms with Crippen molar-refractivity contribution in [1.29, 1.82) is 0 Å². The second-order valence-electron chi connectivity index (χ2n) is 3.48. The average Bonchev–Trinajstić information content (AvgIpc) is 2.40. The van der Waals surface area contributed by atoms with Crippen LogP contribution in [-0.4, -0.2) is 6.08 Å². The molecule has 0 aliphatic rings. The SMILES string of the molecule is O=C=Nc1ccccc1C#Cc1ccc(Br)cc1. The fraction of sp³-hybridized carbons (Fsp3) is 0. The molecule has 0 aliphatic heterocycles. The molecule has 18 heavy (non-hydrogen) atoms. The van der Waals surface area contributed by atoms with Crippen LogP contribution in [0.15, 0.2) is 58.0 Å². The number of nitrogens with zero attached hydrogens (tertiary/aromatic N) is 1. The fourth-order valence-electron chi connectivity index (χ4n) is 1.40. The highest BCUT2D eigenvalue weighted by Gasteiger charge is 1.95. The lowest BCUT2D eigenvalue weighted by Crippen LogP contribution is -1.77. The van der Waals surface area contributed by atoms with Crippen molar-refractivity contribution in [3.05, 3.63) is 64.1 Å². The predicted octanol–water partition coefficient (Wildman–Crippen LogP) is 3.82. The summed E-state index contributed by atoms with van der Waals surface area (Å²) < 4.78 is 1.01. The lowest BCUT2D eigenvalue weighted by atomic mass is 10.1. The molecule has 0 unspecified atom stereocenters. The van der Waals surface area contributed by atoms with E-state index >= 15 is 0 Å². The normalized spacial score (nSPS) is 8.94. The van der Waals surface area contributed by atoms with E-state index in [-0.39, 0.29) is 0 Å². The minimum atomic E-state index is 0.539. The van der Waals surface area contributed by atoms with Crippen LogP contribution in [0.1, 0.15) is 11.1 Å². The van der Waals surface area contributed by atoms with Gasteiger partial charge in [-0.2, -0.15) is 4.99 Å². The molecular weight excluding hydrogens is 290 g/mol. The molecule has 0 aromatic heterocycles. The van der Waals surface area contributed by atoms with E-state index in [0.717, 1.165) is 10.0 Å². The van der Waals surface area contributed by atoms with E-state index in [1.807, 2.05) is 36.4 Å². The topological polar surface area (TPSA) is 29.4 Å². The molecule has 0 aliphatic carbocycles. The summed E-state index contributed by atoms with van der Waals surface area (Å²) in [5, 5.41) is 0. The van der Waals surface area contributed by atoms with Crippen molar-refractivity contribution in [1.82, 2.24) is 0 Å². The molecule has 0 heterocycles. The lowest BCUT2D eigenvalue weighted by Gasteiger charge is -1.94. The molecule has 2 aromatic carbocycles. The van der Waals surface area contributed by atoms with Gasteiger partial charge in [0.15, 0.2) is 0 Å². The van der Waals surface area contributed by atoms with Crippen LogP contribution in [0.25, 0.3) is 0 Å². The first-order valence-electron chi connectivity index (χ1n) is 5.24. The van der Waals surface area contributed by atoms with Gasteiger partial charge in [0.05, 0.1) is 11.3 Å². The Morgan fingerprint density at radius 1 is 0.944 bits per heavy atom. The van der Waals surface area contributed by atoms with Gasteiger partial charge in [-0.25, -0.2) is 4.79 Å². The van der Waals surface area contributed by atoms with E-state index in [1.165, 1.54) is 6.08 Å². The van der Waals surface area contributed by atoms with E-state index in [2.05, 4.69) is 32.8 Å². The smallest absolute Gasteiger partial charge is 0.211 e. The maximum Gasteiger partial charge on any atom is 0.240 e. The Morgan fingerprint density at radius 3 is 2.39 bits per heavy atom. The Labute approximate surface area is 114 Å². The average molecular weight is 298 g/mol. The Hall–Kier alpha value is -2.14. The molecule has 0 amide bonds. The molecule has 2 nitrogen and oxygen atoms in total. The van der Waals surface area contributed by atoms with Crippen LogP contribution >= 0.6 is 15.9 Å². The Bertz CT molecular complexity index is 659. The van der Waals surface area contributed by atoms with Gasteiger partial charge in [-0.05, 0) is 36.4 Å². The Kier molecular flexibility index (Phi) is 4.09. The van der Waals surface area contributed by atoms with Gasteiger partial charge in [-0.3, -0.25) is 0 Å². The third kappa shape index (κ3) is 3.18. The second kappa shape index (κ2) is 5.97. The Balaban J connectivity index is 2.35. The van der Waals surface area contributed by atoms with Crippen molar-refractivity contribution in [2.24, 2.45) is 4.99 Å². The molecule has 2 aromatic rings. The number of hydrogen-bond acceptors (Lipinski definition) is 2. The summed E-state index contributed by atoms with van der Waals surface area (Å²) in [4.78, 5) is 13.9. The zero-order valence-electron chi connectivity index (χ0n) is 9.35. The number of hydrogen-bond donors (Lipinski definition) is 0. The largest absolute Gasteiger partial charge is 0.240 e. The molecule has 2 rings (SSSR count). The lowest BCUT2D eigenvalue weighted by molar-refractivity contribution is 0.565. The first-order chi connectivity index (χ1) is 8.79. The molecule has 0 saturated carbocycles. The van der Waals surface area contributed by atoms with Crippen LogP contribution < -0.4 is 0 Å². The van der Waals surface area contributed by atoms with Crippen LogP contribution in [0, 0.1) is 11.8 Å². The molecule has 0 fully saturated rings. The zero-order valence-corrected chi connectivity index (χ0v) is 10.9. The van der Waals surface area contributed by atoms with Gasteiger partial charge in [-0.15, -0.1) is 0 Å². The monoisotopic (exact) mass is 297 g/mol. The summed E-state index contributed by atoms with van der Waals surface area (Å²) in [6.07, 6.45) is 1.53. The third-order valence-corrected chi connectivity index (χ3v) is 2.78. The zero-order chi connectivity index (χ0) is 12.8. The van der Waals surface area contributed by atoms with Crippen molar-refractivity contribution in [3.8, 4) is 11.8 Å².